The number of methoxy groups -OCH3 is 1. The van der Waals surface area contributed by atoms with Gasteiger partial charge in [-0.15, -0.1) is 0 Å². The Hall–Kier alpha value is -0.910. The predicted molar refractivity (Wildman–Crippen MR) is 68.8 cm³/mol. The van der Waals surface area contributed by atoms with E-state index in [-0.39, 0.29) is 0 Å². The highest BCUT2D eigenvalue weighted by Gasteiger charge is 1.95. The number of hydrogen-bond acceptors (Lipinski definition) is 4. The van der Waals surface area contributed by atoms with Gasteiger partial charge in [-0.2, -0.15) is 11.8 Å². The molecule has 0 aliphatic carbocycles. The normalized spacial score (nSPS) is 12.6. The highest BCUT2D eigenvalue weighted by Crippen LogP contribution is 2.14. The van der Waals surface area contributed by atoms with Crippen molar-refractivity contribution in [1.29, 1.82) is 0 Å². The standard InChI is InChI=1S/C5H10O2.C4H8S.C2H4O3/c1-2-3-4-5(6)7;1-2-4-5-3-1;1-5-2(3)4/h2-4H2,1H3,(H,6,7);1-4H2;1H3,(H,3,4). The van der Waals surface area contributed by atoms with Gasteiger partial charge in [-0.25, -0.2) is 4.79 Å². The molecule has 0 amide bonds. The lowest BCUT2D eigenvalue weighted by Crippen LogP contribution is -1.91. The van der Waals surface area contributed by atoms with Gasteiger partial charge < -0.3 is 14.9 Å². The molecule has 1 saturated heterocycles. The SMILES string of the molecule is C1CCSC1.CCCCC(=O)O.COC(=O)O. The number of ether oxygens (including phenoxy) is 1. The van der Waals surface area contributed by atoms with E-state index in [4.69, 9.17) is 15.0 Å². The lowest BCUT2D eigenvalue weighted by molar-refractivity contribution is -0.137. The molecule has 5 nitrogen and oxygen atoms in total. The first-order valence-electron chi connectivity index (χ1n) is 5.61. The van der Waals surface area contributed by atoms with Crippen LogP contribution in [0.2, 0.25) is 0 Å². The number of unbranched alkanes of at least 4 members (excludes halogenated alkanes) is 1. The summed E-state index contributed by atoms with van der Waals surface area (Å²) in [6.45, 7) is 1.98. The van der Waals surface area contributed by atoms with Gasteiger partial charge >= 0.3 is 12.1 Å². The summed E-state index contributed by atoms with van der Waals surface area (Å²) in [4.78, 5) is 18.9. The fraction of sp³-hybridized carbons (Fsp3) is 0.818. The number of rotatable bonds is 3. The summed E-state index contributed by atoms with van der Waals surface area (Å²) in [6.07, 6.45) is 3.76. The molecular weight excluding hydrogens is 244 g/mol. The molecule has 0 aromatic carbocycles. The van der Waals surface area contributed by atoms with Gasteiger partial charge in [0.15, 0.2) is 0 Å². The maximum absolute atomic E-state index is 9.76. The van der Waals surface area contributed by atoms with Gasteiger partial charge in [-0.05, 0) is 30.8 Å². The van der Waals surface area contributed by atoms with Crippen LogP contribution in [0.25, 0.3) is 0 Å². The quantitative estimate of drug-likeness (QED) is 0.764. The molecule has 17 heavy (non-hydrogen) atoms. The Morgan fingerprint density at radius 3 is 1.82 bits per heavy atom. The van der Waals surface area contributed by atoms with E-state index < -0.39 is 12.1 Å². The van der Waals surface area contributed by atoms with Crippen molar-refractivity contribution in [3.05, 3.63) is 0 Å². The lowest BCUT2D eigenvalue weighted by Gasteiger charge is -1.85. The van der Waals surface area contributed by atoms with Gasteiger partial charge in [0.2, 0.25) is 0 Å². The maximum atomic E-state index is 9.76. The smallest absolute Gasteiger partial charge is 0.481 e. The molecular formula is C11H22O5S. The summed E-state index contributed by atoms with van der Waals surface area (Å²) in [5.74, 6) is 2.14. The Kier molecular flexibility index (Phi) is 16.4. The molecule has 0 saturated carbocycles. The minimum atomic E-state index is -1.25. The van der Waals surface area contributed by atoms with Crippen molar-refractivity contribution >= 4 is 23.9 Å². The number of carboxylic acids is 1. The van der Waals surface area contributed by atoms with Crippen LogP contribution in [0.15, 0.2) is 0 Å². The number of thioether (sulfide) groups is 1. The average molecular weight is 266 g/mol. The molecule has 0 unspecified atom stereocenters. The van der Waals surface area contributed by atoms with Crippen molar-refractivity contribution in [2.75, 3.05) is 18.6 Å². The van der Waals surface area contributed by atoms with E-state index in [0.29, 0.717) is 6.42 Å². The minimum Gasteiger partial charge on any atom is -0.481 e. The van der Waals surface area contributed by atoms with Crippen molar-refractivity contribution < 1.29 is 24.5 Å². The Balaban J connectivity index is 0. The molecule has 6 heteroatoms. The molecule has 1 aliphatic heterocycles. The topological polar surface area (TPSA) is 83.8 Å². The van der Waals surface area contributed by atoms with Gasteiger partial charge in [0.05, 0.1) is 7.11 Å². The minimum absolute atomic E-state index is 0.316. The zero-order valence-electron chi connectivity index (χ0n) is 10.5. The van der Waals surface area contributed by atoms with Crippen LogP contribution >= 0.6 is 11.8 Å². The molecule has 0 bridgehead atoms. The molecule has 0 aromatic heterocycles. The average Bonchev–Trinajstić information content (AvgIpc) is 2.85. The van der Waals surface area contributed by atoms with E-state index in [0.717, 1.165) is 20.0 Å². The summed E-state index contributed by atoms with van der Waals surface area (Å²) in [5.41, 5.74) is 0. The maximum Gasteiger partial charge on any atom is 0.505 e. The summed E-state index contributed by atoms with van der Waals surface area (Å²) in [7, 11) is 1.10. The van der Waals surface area contributed by atoms with Crippen LogP contribution in [0, 0.1) is 0 Å². The van der Waals surface area contributed by atoms with Crippen LogP contribution in [-0.4, -0.2) is 41.0 Å². The van der Waals surface area contributed by atoms with E-state index in [1.165, 1.54) is 24.3 Å². The van der Waals surface area contributed by atoms with Gasteiger partial charge in [-0.3, -0.25) is 4.79 Å². The van der Waals surface area contributed by atoms with E-state index >= 15 is 0 Å². The van der Waals surface area contributed by atoms with Gasteiger partial charge in [0.1, 0.15) is 0 Å². The van der Waals surface area contributed by atoms with Crippen LogP contribution in [0.4, 0.5) is 4.79 Å². The molecule has 0 atom stereocenters. The second-order valence-corrected chi connectivity index (χ2v) is 4.51. The Labute approximate surface area is 107 Å². The van der Waals surface area contributed by atoms with Crippen molar-refractivity contribution in [1.82, 2.24) is 0 Å². The molecule has 1 aliphatic rings. The second-order valence-electron chi connectivity index (χ2n) is 3.29. The van der Waals surface area contributed by atoms with E-state index in [1.54, 1.807) is 0 Å². The summed E-state index contributed by atoms with van der Waals surface area (Å²) >= 11 is 2.07. The summed E-state index contributed by atoms with van der Waals surface area (Å²) in [6, 6.07) is 0. The van der Waals surface area contributed by atoms with Crippen LogP contribution in [0.1, 0.15) is 39.0 Å². The third-order valence-corrected chi connectivity index (χ3v) is 2.90. The van der Waals surface area contributed by atoms with Gasteiger partial charge in [0, 0.05) is 6.42 Å². The van der Waals surface area contributed by atoms with Gasteiger partial charge in [-0.1, -0.05) is 13.3 Å². The van der Waals surface area contributed by atoms with E-state index in [2.05, 4.69) is 16.5 Å². The zero-order chi connectivity index (χ0) is 13.5. The molecule has 1 rings (SSSR count). The highest BCUT2D eigenvalue weighted by atomic mass is 32.2. The molecule has 2 N–H and O–H groups in total. The molecule has 0 spiro atoms. The fourth-order valence-electron chi connectivity index (χ4n) is 0.838. The number of carboxylic acid groups (broad SMARTS) is 2. The molecule has 102 valence electrons. The third-order valence-electron chi connectivity index (χ3n) is 1.75. The molecule has 1 heterocycles. The second kappa shape index (κ2) is 15.1. The monoisotopic (exact) mass is 266 g/mol. The van der Waals surface area contributed by atoms with Crippen molar-refractivity contribution in [3.63, 3.8) is 0 Å². The van der Waals surface area contributed by atoms with Crippen LogP contribution in [0.3, 0.4) is 0 Å². The Morgan fingerprint density at radius 2 is 1.71 bits per heavy atom. The van der Waals surface area contributed by atoms with Crippen LogP contribution < -0.4 is 0 Å². The molecule has 1 fully saturated rings. The van der Waals surface area contributed by atoms with Gasteiger partial charge in [0.25, 0.3) is 0 Å². The molecule has 0 aromatic rings. The van der Waals surface area contributed by atoms with Crippen molar-refractivity contribution in [2.24, 2.45) is 0 Å². The first-order valence-corrected chi connectivity index (χ1v) is 6.76. The predicted octanol–water partition coefficient (Wildman–Crippen LogP) is 3.09. The zero-order valence-corrected chi connectivity index (χ0v) is 11.3. The molecule has 0 radical (unpaired) electrons. The Morgan fingerprint density at radius 1 is 1.24 bits per heavy atom. The number of hydrogen-bond donors (Lipinski definition) is 2. The number of aliphatic carboxylic acids is 1. The van der Waals surface area contributed by atoms with Crippen molar-refractivity contribution in [2.45, 2.75) is 39.0 Å². The van der Waals surface area contributed by atoms with Crippen molar-refractivity contribution in [3.8, 4) is 0 Å². The first kappa shape index (κ1) is 18.5. The summed E-state index contributed by atoms with van der Waals surface area (Å²) < 4.78 is 3.67. The first-order chi connectivity index (χ1) is 8.04. The lowest BCUT2D eigenvalue weighted by atomic mass is 10.3. The Bertz CT molecular complexity index is 185. The number of carbonyl (C=O) groups is 2. The summed E-state index contributed by atoms with van der Waals surface area (Å²) in [5, 5.41) is 15.5. The van der Waals surface area contributed by atoms with Crippen LogP contribution in [0.5, 0.6) is 0 Å². The third kappa shape index (κ3) is 25.4. The largest absolute Gasteiger partial charge is 0.505 e. The van der Waals surface area contributed by atoms with Crippen LogP contribution in [-0.2, 0) is 9.53 Å². The van der Waals surface area contributed by atoms with E-state index in [1.807, 2.05) is 6.92 Å². The highest BCUT2D eigenvalue weighted by molar-refractivity contribution is 7.99. The fourth-order valence-corrected chi connectivity index (χ4v) is 1.86. The van der Waals surface area contributed by atoms with E-state index in [9.17, 15) is 4.79 Å².